The molecule has 108 valence electrons. The Kier molecular flexibility index (Phi) is 5.85. The lowest BCUT2D eigenvalue weighted by molar-refractivity contribution is 0.152. The molecule has 0 radical (unpaired) electrons. The molecule has 2 aromatic carbocycles. The zero-order valence-electron chi connectivity index (χ0n) is 11.5. The van der Waals surface area contributed by atoms with Gasteiger partial charge in [0, 0.05) is 0 Å². The van der Waals surface area contributed by atoms with Gasteiger partial charge in [-0.05, 0) is 23.3 Å². The van der Waals surface area contributed by atoms with Crippen molar-refractivity contribution in [1.29, 1.82) is 0 Å². The molecular formula is C18H16F2O. The molecule has 1 nitrogen and oxygen atoms in total. The Morgan fingerprint density at radius 3 is 1.48 bits per heavy atom. The Balaban J connectivity index is 1.81. The highest BCUT2D eigenvalue weighted by Crippen LogP contribution is 2.11. The summed E-state index contributed by atoms with van der Waals surface area (Å²) >= 11 is 0. The van der Waals surface area contributed by atoms with Crippen molar-refractivity contribution in [2.75, 3.05) is 13.2 Å². The molecule has 21 heavy (non-hydrogen) atoms. The quantitative estimate of drug-likeness (QED) is 0.724. The molecule has 0 heterocycles. The Morgan fingerprint density at radius 2 is 1.10 bits per heavy atom. The first-order valence-electron chi connectivity index (χ1n) is 6.64. The van der Waals surface area contributed by atoms with Gasteiger partial charge < -0.3 is 4.74 Å². The molecule has 0 aliphatic carbocycles. The minimum absolute atomic E-state index is 0.245. The monoisotopic (exact) mass is 286 g/mol. The van der Waals surface area contributed by atoms with E-state index < -0.39 is 11.7 Å². The van der Waals surface area contributed by atoms with Crippen LogP contribution >= 0.6 is 0 Å². The summed E-state index contributed by atoms with van der Waals surface area (Å²) in [6.45, 7) is -0.490. The summed E-state index contributed by atoms with van der Waals surface area (Å²) in [6.07, 6.45) is 2.75. The van der Waals surface area contributed by atoms with Gasteiger partial charge in [0.2, 0.25) is 0 Å². The molecule has 0 aromatic heterocycles. The minimum Gasteiger partial charge on any atom is -0.367 e. The Bertz CT molecular complexity index is 548. The molecule has 0 bridgehead atoms. The van der Waals surface area contributed by atoms with Crippen LogP contribution in [-0.4, -0.2) is 13.2 Å². The van der Waals surface area contributed by atoms with E-state index in [0.717, 1.165) is 11.1 Å². The molecule has 0 fully saturated rings. The summed E-state index contributed by atoms with van der Waals surface area (Å²) in [6, 6.07) is 18.1. The van der Waals surface area contributed by atoms with Crippen LogP contribution in [0.5, 0.6) is 0 Å². The van der Waals surface area contributed by atoms with Crippen LogP contribution in [0.2, 0.25) is 0 Å². The fourth-order valence-corrected chi connectivity index (χ4v) is 1.79. The molecule has 2 rings (SSSR count). The van der Waals surface area contributed by atoms with Gasteiger partial charge in [-0.15, -0.1) is 0 Å². The second-order valence-corrected chi connectivity index (χ2v) is 4.50. The van der Waals surface area contributed by atoms with E-state index in [1.807, 2.05) is 36.4 Å². The SMILES string of the molecule is F/C(=C\c1ccccc1)COC/C(F)=C/c1ccccc1. The van der Waals surface area contributed by atoms with E-state index in [-0.39, 0.29) is 13.2 Å². The smallest absolute Gasteiger partial charge is 0.126 e. The van der Waals surface area contributed by atoms with Crippen LogP contribution in [0.15, 0.2) is 72.3 Å². The third-order valence-corrected chi connectivity index (χ3v) is 2.73. The van der Waals surface area contributed by atoms with E-state index in [0.29, 0.717) is 0 Å². The molecule has 2 aromatic rings. The maximum atomic E-state index is 13.6. The van der Waals surface area contributed by atoms with Crippen molar-refractivity contribution >= 4 is 12.2 Å². The molecule has 0 N–H and O–H groups in total. The summed E-state index contributed by atoms with van der Waals surface area (Å²) in [4.78, 5) is 0. The first-order chi connectivity index (χ1) is 10.2. The van der Waals surface area contributed by atoms with Gasteiger partial charge in [-0.25, -0.2) is 8.78 Å². The predicted octanol–water partition coefficient (Wildman–Crippen LogP) is 5.02. The van der Waals surface area contributed by atoms with Crippen molar-refractivity contribution in [1.82, 2.24) is 0 Å². The largest absolute Gasteiger partial charge is 0.367 e. The summed E-state index contributed by atoms with van der Waals surface area (Å²) in [7, 11) is 0. The van der Waals surface area contributed by atoms with E-state index >= 15 is 0 Å². The maximum Gasteiger partial charge on any atom is 0.126 e. The third-order valence-electron chi connectivity index (χ3n) is 2.73. The molecule has 0 spiro atoms. The van der Waals surface area contributed by atoms with Crippen molar-refractivity contribution in [3.05, 3.63) is 83.4 Å². The predicted molar refractivity (Wildman–Crippen MR) is 81.9 cm³/mol. The van der Waals surface area contributed by atoms with Gasteiger partial charge in [0.25, 0.3) is 0 Å². The maximum absolute atomic E-state index is 13.6. The number of hydrogen-bond donors (Lipinski definition) is 0. The van der Waals surface area contributed by atoms with Crippen LogP contribution in [0.1, 0.15) is 11.1 Å². The molecule has 0 aliphatic heterocycles. The summed E-state index contributed by atoms with van der Waals surface area (Å²) in [5.41, 5.74) is 1.50. The number of halogens is 2. The lowest BCUT2D eigenvalue weighted by atomic mass is 10.2. The molecule has 3 heteroatoms. The van der Waals surface area contributed by atoms with Crippen molar-refractivity contribution in [3.63, 3.8) is 0 Å². The minimum atomic E-state index is -0.436. The van der Waals surface area contributed by atoms with Gasteiger partial charge in [-0.1, -0.05) is 60.7 Å². The standard InChI is InChI=1S/C18H16F2O/c19-17(11-15-7-3-1-4-8-15)13-21-14-18(20)12-16-9-5-2-6-10-16/h1-12H,13-14H2/b17-11-,18-12-. The topological polar surface area (TPSA) is 9.23 Å². The van der Waals surface area contributed by atoms with Gasteiger partial charge in [0.1, 0.15) is 11.7 Å². The fourth-order valence-electron chi connectivity index (χ4n) is 1.79. The van der Waals surface area contributed by atoms with E-state index in [2.05, 4.69) is 0 Å². The van der Waals surface area contributed by atoms with E-state index in [9.17, 15) is 8.78 Å². The summed E-state index contributed by atoms with van der Waals surface area (Å²) in [5.74, 6) is -0.873. The first-order valence-corrected chi connectivity index (χ1v) is 6.64. The normalized spacial score (nSPS) is 12.5. The lowest BCUT2D eigenvalue weighted by Gasteiger charge is -2.01. The van der Waals surface area contributed by atoms with Gasteiger partial charge in [0.15, 0.2) is 0 Å². The second kappa shape index (κ2) is 8.12. The highest BCUT2D eigenvalue weighted by Gasteiger charge is 2.00. The first kappa shape index (κ1) is 15.1. The van der Waals surface area contributed by atoms with Crippen LogP contribution in [-0.2, 0) is 4.74 Å². The molecule has 0 unspecified atom stereocenters. The van der Waals surface area contributed by atoms with E-state index in [4.69, 9.17) is 4.74 Å². The molecule has 0 atom stereocenters. The second-order valence-electron chi connectivity index (χ2n) is 4.50. The van der Waals surface area contributed by atoms with Gasteiger partial charge in [-0.3, -0.25) is 0 Å². The van der Waals surface area contributed by atoms with Crippen molar-refractivity contribution in [2.24, 2.45) is 0 Å². The average molecular weight is 286 g/mol. The Labute approximate surface area is 123 Å². The molecular weight excluding hydrogens is 270 g/mol. The van der Waals surface area contributed by atoms with Crippen molar-refractivity contribution < 1.29 is 13.5 Å². The average Bonchev–Trinajstić information content (AvgIpc) is 2.49. The molecule has 0 saturated carbocycles. The zero-order chi connectivity index (χ0) is 14.9. The van der Waals surface area contributed by atoms with Gasteiger partial charge in [0.05, 0.1) is 13.2 Å². The van der Waals surface area contributed by atoms with Crippen LogP contribution in [0, 0.1) is 0 Å². The summed E-state index contributed by atoms with van der Waals surface area (Å²) in [5, 5.41) is 0. The highest BCUT2D eigenvalue weighted by molar-refractivity contribution is 5.51. The summed E-state index contributed by atoms with van der Waals surface area (Å²) < 4.78 is 32.1. The van der Waals surface area contributed by atoms with E-state index in [1.54, 1.807) is 24.3 Å². The van der Waals surface area contributed by atoms with Crippen molar-refractivity contribution in [2.45, 2.75) is 0 Å². The number of hydrogen-bond acceptors (Lipinski definition) is 1. The van der Waals surface area contributed by atoms with Gasteiger partial charge in [-0.2, -0.15) is 0 Å². The fraction of sp³-hybridized carbons (Fsp3) is 0.111. The van der Waals surface area contributed by atoms with Gasteiger partial charge >= 0.3 is 0 Å². The Morgan fingerprint density at radius 1 is 0.714 bits per heavy atom. The third kappa shape index (κ3) is 5.71. The number of ether oxygens (including phenoxy) is 1. The molecule has 0 aliphatic rings. The van der Waals surface area contributed by atoms with Crippen LogP contribution in [0.25, 0.3) is 12.2 Å². The van der Waals surface area contributed by atoms with Crippen LogP contribution in [0.4, 0.5) is 8.78 Å². The number of rotatable bonds is 6. The van der Waals surface area contributed by atoms with Crippen molar-refractivity contribution in [3.8, 4) is 0 Å². The zero-order valence-corrected chi connectivity index (χ0v) is 11.5. The molecule has 0 amide bonds. The lowest BCUT2D eigenvalue weighted by Crippen LogP contribution is -1.98. The highest BCUT2D eigenvalue weighted by atomic mass is 19.1. The molecule has 0 saturated heterocycles. The van der Waals surface area contributed by atoms with E-state index in [1.165, 1.54) is 12.2 Å². The Hall–Kier alpha value is -2.26. The number of benzene rings is 2. The van der Waals surface area contributed by atoms with Crippen LogP contribution in [0.3, 0.4) is 0 Å². The van der Waals surface area contributed by atoms with Crippen LogP contribution < -0.4 is 0 Å².